The molecule has 0 radical (unpaired) electrons. The first-order valence-corrected chi connectivity index (χ1v) is 8.88. The molecule has 1 fully saturated rings. The molecule has 2 aliphatic rings. The maximum atomic E-state index is 12.1. The van der Waals surface area contributed by atoms with Gasteiger partial charge in [-0.15, -0.1) is 5.10 Å². The molecule has 1 aliphatic carbocycles. The van der Waals surface area contributed by atoms with E-state index in [-0.39, 0.29) is 5.91 Å². The van der Waals surface area contributed by atoms with Crippen LogP contribution in [0.3, 0.4) is 0 Å². The lowest BCUT2D eigenvalue weighted by atomic mass is 10.2. The maximum Gasteiger partial charge on any atom is 0.225 e. The van der Waals surface area contributed by atoms with Crippen molar-refractivity contribution in [1.29, 1.82) is 0 Å². The summed E-state index contributed by atoms with van der Waals surface area (Å²) in [6.45, 7) is 1.08. The largest absolute Gasteiger partial charge is 0.486 e. The van der Waals surface area contributed by atoms with Crippen LogP contribution in [0.4, 0.5) is 5.69 Å². The predicted octanol–water partition coefficient (Wildman–Crippen LogP) is 1.90. The minimum absolute atomic E-state index is 0.0513. The van der Waals surface area contributed by atoms with Crippen molar-refractivity contribution < 1.29 is 14.3 Å². The minimum Gasteiger partial charge on any atom is -0.486 e. The van der Waals surface area contributed by atoms with Gasteiger partial charge >= 0.3 is 0 Å². The van der Waals surface area contributed by atoms with E-state index in [9.17, 15) is 4.79 Å². The standard InChI is InChI=1S/C15H17N5O3S/c21-14(5-8-24-15-17-18-19-20(15)11-2-3-11)16-10-1-4-12-13(9-10)23-7-6-22-12/h1,4,9,11H,2-3,5-8H2,(H,16,21). The Morgan fingerprint density at radius 3 is 2.96 bits per heavy atom. The third-order valence-corrected chi connectivity index (χ3v) is 4.68. The quantitative estimate of drug-likeness (QED) is 0.798. The van der Waals surface area contributed by atoms with E-state index >= 15 is 0 Å². The van der Waals surface area contributed by atoms with Crippen molar-refractivity contribution in [3.63, 3.8) is 0 Å². The number of tetrazole rings is 1. The van der Waals surface area contributed by atoms with Crippen molar-refractivity contribution in [2.75, 3.05) is 24.3 Å². The van der Waals surface area contributed by atoms with Gasteiger partial charge in [0.15, 0.2) is 11.5 Å². The molecule has 1 aliphatic heterocycles. The minimum atomic E-state index is -0.0513. The molecule has 4 rings (SSSR count). The number of aromatic nitrogens is 4. The van der Waals surface area contributed by atoms with Crippen molar-refractivity contribution >= 4 is 23.4 Å². The lowest BCUT2D eigenvalue weighted by Gasteiger charge is -2.19. The SMILES string of the molecule is O=C(CCSc1nnnn1C1CC1)Nc1ccc2c(c1)OCCO2. The van der Waals surface area contributed by atoms with Crippen LogP contribution >= 0.6 is 11.8 Å². The Bertz CT molecular complexity index is 746. The van der Waals surface area contributed by atoms with Crippen LogP contribution in [0.25, 0.3) is 0 Å². The third kappa shape index (κ3) is 3.45. The van der Waals surface area contributed by atoms with Crippen LogP contribution in [-0.4, -0.2) is 45.1 Å². The molecule has 1 amide bonds. The van der Waals surface area contributed by atoms with E-state index in [0.717, 1.165) is 18.0 Å². The van der Waals surface area contributed by atoms with E-state index in [1.807, 2.05) is 16.8 Å². The molecule has 0 atom stereocenters. The second kappa shape index (κ2) is 6.68. The van der Waals surface area contributed by atoms with Crippen molar-refractivity contribution in [3.05, 3.63) is 18.2 Å². The van der Waals surface area contributed by atoms with E-state index in [1.54, 1.807) is 6.07 Å². The summed E-state index contributed by atoms with van der Waals surface area (Å²) in [5.74, 6) is 1.95. The number of ether oxygens (including phenoxy) is 2. The molecule has 1 aromatic carbocycles. The number of thioether (sulfide) groups is 1. The highest BCUT2D eigenvalue weighted by molar-refractivity contribution is 7.99. The number of hydrogen-bond donors (Lipinski definition) is 1. The zero-order chi connectivity index (χ0) is 16.4. The van der Waals surface area contributed by atoms with Gasteiger partial charge in [-0.25, -0.2) is 4.68 Å². The number of amides is 1. The van der Waals surface area contributed by atoms with Gasteiger partial charge in [-0.3, -0.25) is 4.79 Å². The molecule has 9 heteroatoms. The fourth-order valence-electron chi connectivity index (χ4n) is 2.41. The summed E-state index contributed by atoms with van der Waals surface area (Å²) < 4.78 is 12.8. The summed E-state index contributed by atoms with van der Waals surface area (Å²) >= 11 is 1.51. The van der Waals surface area contributed by atoms with Crippen LogP contribution in [0.5, 0.6) is 11.5 Å². The number of benzene rings is 1. The molecule has 0 bridgehead atoms. The number of carbonyl (C=O) groups excluding carboxylic acids is 1. The van der Waals surface area contributed by atoms with Crippen LogP contribution in [0, 0.1) is 0 Å². The van der Waals surface area contributed by atoms with Crippen molar-refractivity contribution in [2.24, 2.45) is 0 Å². The van der Waals surface area contributed by atoms with Gasteiger partial charge in [0.1, 0.15) is 13.2 Å². The Hall–Kier alpha value is -2.29. The summed E-state index contributed by atoms with van der Waals surface area (Å²) in [6, 6.07) is 5.84. The summed E-state index contributed by atoms with van der Waals surface area (Å²) in [4.78, 5) is 12.1. The van der Waals surface area contributed by atoms with Crippen molar-refractivity contribution in [3.8, 4) is 11.5 Å². The predicted molar refractivity (Wildman–Crippen MR) is 87.5 cm³/mol. The second-order valence-corrected chi connectivity index (χ2v) is 6.70. The highest BCUT2D eigenvalue weighted by atomic mass is 32.2. The summed E-state index contributed by atoms with van der Waals surface area (Å²) in [6.07, 6.45) is 2.64. The molecule has 1 aromatic heterocycles. The van der Waals surface area contributed by atoms with E-state index in [1.165, 1.54) is 11.8 Å². The van der Waals surface area contributed by atoms with E-state index in [2.05, 4.69) is 20.8 Å². The number of nitrogens with zero attached hydrogens (tertiary/aromatic N) is 4. The monoisotopic (exact) mass is 347 g/mol. The van der Waals surface area contributed by atoms with Crippen LogP contribution in [0.1, 0.15) is 25.3 Å². The van der Waals surface area contributed by atoms with E-state index in [0.29, 0.717) is 48.6 Å². The van der Waals surface area contributed by atoms with Crippen molar-refractivity contribution in [2.45, 2.75) is 30.5 Å². The molecule has 2 heterocycles. The van der Waals surface area contributed by atoms with Crippen molar-refractivity contribution in [1.82, 2.24) is 20.2 Å². The van der Waals surface area contributed by atoms with Gasteiger partial charge in [-0.05, 0) is 35.4 Å². The first kappa shape index (κ1) is 15.3. The van der Waals surface area contributed by atoms with E-state index < -0.39 is 0 Å². The van der Waals surface area contributed by atoms with Crippen LogP contribution in [-0.2, 0) is 4.79 Å². The Labute approximate surface area is 142 Å². The molecule has 1 saturated carbocycles. The normalized spacial score (nSPS) is 16.0. The molecule has 0 spiro atoms. The average molecular weight is 347 g/mol. The van der Waals surface area contributed by atoms with Gasteiger partial charge in [-0.1, -0.05) is 11.8 Å². The number of rotatable bonds is 6. The zero-order valence-electron chi connectivity index (χ0n) is 13.0. The molecule has 0 saturated heterocycles. The molecule has 0 unspecified atom stereocenters. The van der Waals surface area contributed by atoms with E-state index in [4.69, 9.17) is 9.47 Å². The molecular weight excluding hydrogens is 330 g/mol. The van der Waals surface area contributed by atoms with Crippen LogP contribution in [0.15, 0.2) is 23.4 Å². The summed E-state index contributed by atoms with van der Waals surface area (Å²) in [5, 5.41) is 15.4. The molecular formula is C15H17N5O3S. The average Bonchev–Trinajstić information content (AvgIpc) is 3.34. The molecule has 126 valence electrons. The Balaban J connectivity index is 1.28. The van der Waals surface area contributed by atoms with Crippen LogP contribution < -0.4 is 14.8 Å². The summed E-state index contributed by atoms with van der Waals surface area (Å²) in [7, 11) is 0. The third-order valence-electron chi connectivity index (χ3n) is 3.74. The Kier molecular flexibility index (Phi) is 4.24. The number of nitrogens with one attached hydrogen (secondary N) is 1. The van der Waals surface area contributed by atoms with Crippen LogP contribution in [0.2, 0.25) is 0 Å². The van der Waals surface area contributed by atoms with Gasteiger partial charge in [0.25, 0.3) is 0 Å². The highest BCUT2D eigenvalue weighted by Gasteiger charge is 2.27. The lowest BCUT2D eigenvalue weighted by Crippen LogP contribution is -2.16. The van der Waals surface area contributed by atoms with Gasteiger partial charge in [0.2, 0.25) is 11.1 Å². The first-order chi connectivity index (χ1) is 11.8. The summed E-state index contributed by atoms with van der Waals surface area (Å²) in [5.41, 5.74) is 0.706. The fraction of sp³-hybridized carbons (Fsp3) is 0.467. The smallest absolute Gasteiger partial charge is 0.225 e. The maximum absolute atomic E-state index is 12.1. The number of carbonyl (C=O) groups is 1. The van der Waals surface area contributed by atoms with Gasteiger partial charge in [0.05, 0.1) is 6.04 Å². The fourth-order valence-corrected chi connectivity index (χ4v) is 3.29. The molecule has 24 heavy (non-hydrogen) atoms. The zero-order valence-corrected chi connectivity index (χ0v) is 13.8. The number of hydrogen-bond acceptors (Lipinski definition) is 7. The second-order valence-electron chi connectivity index (χ2n) is 5.64. The van der Waals surface area contributed by atoms with Gasteiger partial charge in [-0.2, -0.15) is 0 Å². The molecule has 1 N–H and O–H groups in total. The Morgan fingerprint density at radius 1 is 1.29 bits per heavy atom. The molecule has 2 aromatic rings. The Morgan fingerprint density at radius 2 is 2.12 bits per heavy atom. The van der Waals surface area contributed by atoms with Gasteiger partial charge < -0.3 is 14.8 Å². The molecule has 8 nitrogen and oxygen atoms in total. The number of anilines is 1. The van der Waals surface area contributed by atoms with Gasteiger partial charge in [0, 0.05) is 23.9 Å². The lowest BCUT2D eigenvalue weighted by molar-refractivity contribution is -0.115. The topological polar surface area (TPSA) is 91.2 Å². The first-order valence-electron chi connectivity index (χ1n) is 7.90. The highest BCUT2D eigenvalue weighted by Crippen LogP contribution is 2.36. The number of fused-ring (bicyclic) bond motifs is 1.